The Bertz CT molecular complexity index is 1030. The zero-order chi connectivity index (χ0) is 21.7. The number of benzene rings is 1. The zero-order valence-electron chi connectivity index (χ0n) is 18.2. The van der Waals surface area contributed by atoms with Crippen molar-refractivity contribution in [3.05, 3.63) is 108 Å². The second-order valence-corrected chi connectivity index (χ2v) is 7.56. The average molecular weight is 398 g/mol. The molecule has 1 heterocycles. The molecule has 0 fully saturated rings. The van der Waals surface area contributed by atoms with E-state index in [1.54, 1.807) is 6.08 Å². The Labute approximate surface area is 180 Å². The Morgan fingerprint density at radius 1 is 1.20 bits per heavy atom. The highest BCUT2D eigenvalue weighted by Gasteiger charge is 2.38. The first-order valence-electron chi connectivity index (χ1n) is 10.5. The van der Waals surface area contributed by atoms with Crippen LogP contribution in [0, 0.1) is 0 Å². The van der Waals surface area contributed by atoms with E-state index in [4.69, 9.17) is 0 Å². The summed E-state index contributed by atoms with van der Waals surface area (Å²) in [5.74, 6) is 0.357. The first-order valence-corrected chi connectivity index (χ1v) is 10.5. The number of aromatic hydroxyl groups is 1. The summed E-state index contributed by atoms with van der Waals surface area (Å²) < 4.78 is 0. The van der Waals surface area contributed by atoms with Crippen molar-refractivity contribution >= 4 is 16.8 Å². The highest BCUT2D eigenvalue weighted by Crippen LogP contribution is 2.51. The summed E-state index contributed by atoms with van der Waals surface area (Å²) in [6.45, 7) is 14.6. The van der Waals surface area contributed by atoms with Gasteiger partial charge in [0.2, 0.25) is 0 Å². The minimum Gasteiger partial charge on any atom is -0.507 e. The largest absolute Gasteiger partial charge is 0.507 e. The van der Waals surface area contributed by atoms with E-state index >= 15 is 0 Å². The molecule has 2 nitrogen and oxygen atoms in total. The van der Waals surface area contributed by atoms with Gasteiger partial charge in [0, 0.05) is 23.4 Å². The topological polar surface area (TPSA) is 23.5 Å². The van der Waals surface area contributed by atoms with Crippen LogP contribution in [0.1, 0.15) is 38.3 Å². The van der Waals surface area contributed by atoms with Gasteiger partial charge >= 0.3 is 0 Å². The first-order chi connectivity index (χ1) is 14.6. The van der Waals surface area contributed by atoms with Gasteiger partial charge in [0.15, 0.2) is 0 Å². The fourth-order valence-electron chi connectivity index (χ4n) is 4.30. The Morgan fingerprint density at radius 2 is 2.00 bits per heavy atom. The molecule has 3 rings (SSSR count). The number of hydrogen-bond acceptors (Lipinski definition) is 2. The van der Waals surface area contributed by atoms with Crippen LogP contribution in [-0.4, -0.2) is 17.7 Å². The van der Waals surface area contributed by atoms with Crippen molar-refractivity contribution in [3.63, 3.8) is 0 Å². The first kappa shape index (κ1) is 21.4. The minimum atomic E-state index is 0.216. The van der Waals surface area contributed by atoms with Gasteiger partial charge in [-0.05, 0) is 62.1 Å². The number of allylic oxidation sites excluding steroid dienone is 11. The summed E-state index contributed by atoms with van der Waals surface area (Å²) in [5, 5.41) is 11.3. The number of hydrogen-bond donors (Lipinski definition) is 1. The molecule has 1 aromatic rings. The summed E-state index contributed by atoms with van der Waals surface area (Å²) in [4.78, 5) is 2.39. The van der Waals surface area contributed by atoms with Crippen LogP contribution in [0.5, 0.6) is 5.75 Å². The lowest BCUT2D eigenvalue weighted by molar-refractivity contribution is 0.472. The molecule has 0 saturated carbocycles. The van der Waals surface area contributed by atoms with Gasteiger partial charge in [0.05, 0.1) is 6.04 Å². The van der Waals surface area contributed by atoms with Crippen molar-refractivity contribution in [2.45, 2.75) is 33.2 Å². The lowest BCUT2D eigenvalue weighted by Crippen LogP contribution is -2.33. The van der Waals surface area contributed by atoms with Gasteiger partial charge in [-0.2, -0.15) is 0 Å². The molecule has 0 amide bonds. The Kier molecular flexibility index (Phi) is 6.79. The third-order valence-corrected chi connectivity index (χ3v) is 5.78. The number of phenols is 1. The third kappa shape index (κ3) is 3.91. The molecular formula is C28H31NO. The Morgan fingerprint density at radius 3 is 2.67 bits per heavy atom. The maximum Gasteiger partial charge on any atom is 0.133 e. The molecule has 0 aromatic heterocycles. The Hall–Kier alpha value is -3.26. The molecule has 2 aliphatic rings. The van der Waals surface area contributed by atoms with Crippen LogP contribution in [0.15, 0.2) is 97.2 Å². The highest BCUT2D eigenvalue weighted by molar-refractivity contribution is 5.96. The molecule has 2 heteroatoms. The molecule has 0 bridgehead atoms. The third-order valence-electron chi connectivity index (χ3n) is 5.78. The van der Waals surface area contributed by atoms with Crippen LogP contribution in [-0.2, 0) is 0 Å². The van der Waals surface area contributed by atoms with Crippen LogP contribution in [0.3, 0.4) is 0 Å². The van der Waals surface area contributed by atoms with Crippen LogP contribution in [0.25, 0.3) is 11.1 Å². The van der Waals surface area contributed by atoms with E-state index in [2.05, 4.69) is 43.2 Å². The lowest BCUT2D eigenvalue weighted by atomic mass is 9.86. The summed E-state index contributed by atoms with van der Waals surface area (Å²) in [6.07, 6.45) is 21.0. The van der Waals surface area contributed by atoms with Crippen molar-refractivity contribution in [1.82, 2.24) is 0 Å². The van der Waals surface area contributed by atoms with Crippen molar-refractivity contribution in [2.24, 2.45) is 0 Å². The van der Waals surface area contributed by atoms with Crippen molar-refractivity contribution in [1.29, 1.82) is 0 Å². The second-order valence-electron chi connectivity index (χ2n) is 7.56. The van der Waals surface area contributed by atoms with E-state index < -0.39 is 0 Å². The van der Waals surface area contributed by atoms with E-state index in [9.17, 15) is 5.11 Å². The molecule has 1 aromatic carbocycles. The van der Waals surface area contributed by atoms with Gasteiger partial charge in [-0.3, -0.25) is 0 Å². The summed E-state index contributed by atoms with van der Waals surface area (Å²) >= 11 is 0. The van der Waals surface area contributed by atoms with Crippen LogP contribution < -0.4 is 4.90 Å². The molecular weight excluding hydrogens is 366 g/mol. The molecule has 0 saturated heterocycles. The molecule has 154 valence electrons. The summed E-state index contributed by atoms with van der Waals surface area (Å²) in [7, 11) is 0. The smallest absolute Gasteiger partial charge is 0.133 e. The number of nitrogens with zero attached hydrogens (tertiary/aromatic N) is 1. The normalized spacial score (nSPS) is 19.0. The quantitative estimate of drug-likeness (QED) is 0.494. The number of fused-ring (bicyclic) bond motifs is 3. The van der Waals surface area contributed by atoms with Crippen LogP contribution >= 0.6 is 0 Å². The molecule has 1 unspecified atom stereocenters. The molecule has 30 heavy (non-hydrogen) atoms. The van der Waals surface area contributed by atoms with Gasteiger partial charge in [-0.15, -0.1) is 0 Å². The molecule has 0 radical (unpaired) electrons. The number of rotatable bonds is 7. The van der Waals surface area contributed by atoms with Gasteiger partial charge in [-0.1, -0.05) is 73.4 Å². The van der Waals surface area contributed by atoms with E-state index in [0.717, 1.165) is 40.9 Å². The van der Waals surface area contributed by atoms with Crippen molar-refractivity contribution in [3.8, 4) is 5.75 Å². The molecule has 1 aliphatic heterocycles. The SMILES string of the molecule is C=C/C=C\C=C/CN1c2ccc(C(/C=C\C)=C/C)c(O)c2C2=CC(C=C)=C(C)CC21. The predicted octanol–water partition coefficient (Wildman–Crippen LogP) is 7.15. The van der Waals surface area contributed by atoms with Gasteiger partial charge in [-0.25, -0.2) is 0 Å². The number of anilines is 1. The molecule has 1 N–H and O–H groups in total. The Balaban J connectivity index is 2.13. The fourth-order valence-corrected chi connectivity index (χ4v) is 4.30. The lowest BCUT2D eigenvalue weighted by Gasteiger charge is -2.30. The summed E-state index contributed by atoms with van der Waals surface area (Å²) in [5.41, 5.74) is 7.58. The number of phenolic OH excluding ortho intramolecular Hbond substituents is 1. The zero-order valence-corrected chi connectivity index (χ0v) is 18.2. The van der Waals surface area contributed by atoms with Crippen molar-refractivity contribution < 1.29 is 5.11 Å². The molecule has 1 atom stereocenters. The highest BCUT2D eigenvalue weighted by atomic mass is 16.3. The minimum absolute atomic E-state index is 0.216. The van der Waals surface area contributed by atoms with Crippen LogP contribution in [0.2, 0.25) is 0 Å². The van der Waals surface area contributed by atoms with Crippen LogP contribution in [0.4, 0.5) is 5.69 Å². The maximum atomic E-state index is 11.3. The van der Waals surface area contributed by atoms with Gasteiger partial charge in [0.25, 0.3) is 0 Å². The monoisotopic (exact) mass is 397 g/mol. The van der Waals surface area contributed by atoms with E-state index in [0.29, 0.717) is 5.75 Å². The van der Waals surface area contributed by atoms with E-state index in [1.165, 1.54) is 11.1 Å². The fraction of sp³-hybridized carbons (Fsp3) is 0.214. The molecule has 1 aliphatic carbocycles. The van der Waals surface area contributed by atoms with Crippen molar-refractivity contribution in [2.75, 3.05) is 11.4 Å². The van der Waals surface area contributed by atoms with Gasteiger partial charge < -0.3 is 10.0 Å². The second kappa shape index (κ2) is 9.49. The summed E-state index contributed by atoms with van der Waals surface area (Å²) in [6, 6.07) is 4.39. The van der Waals surface area contributed by atoms with Gasteiger partial charge in [0.1, 0.15) is 5.75 Å². The average Bonchev–Trinajstić information content (AvgIpc) is 3.05. The van der Waals surface area contributed by atoms with E-state index in [1.807, 2.05) is 62.4 Å². The molecule has 0 spiro atoms. The standard InChI is InChI=1S/C28H31NO/c1-6-10-11-12-13-17-29-25-16-15-23(21(8-3)14-7-2)28(30)27(25)24-19-22(9-4)20(5)18-26(24)29/h6-16,19,26,30H,1,4,17-18H2,2-3,5H3/b11-10-,13-12-,14-7-,21-8+. The maximum absolute atomic E-state index is 11.3. The predicted molar refractivity (Wildman–Crippen MR) is 132 cm³/mol. The van der Waals surface area contributed by atoms with E-state index in [-0.39, 0.29) is 6.04 Å².